The highest BCUT2D eigenvalue weighted by Gasteiger charge is 2.32. The molecule has 0 bridgehead atoms. The lowest BCUT2D eigenvalue weighted by Crippen LogP contribution is -2.45. The molecule has 1 aliphatic rings. The molecule has 41 heavy (non-hydrogen) atoms. The van der Waals surface area contributed by atoms with Crippen molar-refractivity contribution in [1.29, 1.82) is 0 Å². The Hall–Kier alpha value is -4.22. The summed E-state index contributed by atoms with van der Waals surface area (Å²) >= 11 is 8.78. The summed E-state index contributed by atoms with van der Waals surface area (Å²) in [5.74, 6) is 0.0865. The van der Waals surface area contributed by atoms with Gasteiger partial charge < -0.3 is 24.8 Å². The second-order valence-electron chi connectivity index (χ2n) is 8.87. The van der Waals surface area contributed by atoms with E-state index in [0.717, 1.165) is 10.0 Å². The largest absolute Gasteiger partial charge is 0.488 e. The molecule has 0 aliphatic carbocycles. The van der Waals surface area contributed by atoms with Gasteiger partial charge in [0.05, 0.1) is 24.4 Å². The zero-order valence-electron chi connectivity index (χ0n) is 22.5. The van der Waals surface area contributed by atoms with Crippen molar-refractivity contribution in [3.8, 4) is 11.5 Å². The van der Waals surface area contributed by atoms with Gasteiger partial charge in [-0.15, -0.1) is 0 Å². The van der Waals surface area contributed by atoms with Crippen LogP contribution in [0, 0.1) is 0 Å². The smallest absolute Gasteiger partial charge is 0.338 e. The number of benzene rings is 3. The molecule has 3 aromatic rings. The van der Waals surface area contributed by atoms with Gasteiger partial charge >= 0.3 is 5.97 Å². The SMILES string of the molecule is CCOC(=O)C1=C(C)NC(=S)N[C@H]1c1ccccc1OCC(=O)NN=Cc1cc(Br)ccc1OCc1ccccc1. The zero-order valence-corrected chi connectivity index (χ0v) is 24.9. The van der Waals surface area contributed by atoms with E-state index >= 15 is 0 Å². The molecule has 1 amide bonds. The van der Waals surface area contributed by atoms with Crippen molar-refractivity contribution in [2.45, 2.75) is 26.5 Å². The molecule has 0 saturated heterocycles. The maximum Gasteiger partial charge on any atom is 0.338 e. The van der Waals surface area contributed by atoms with Gasteiger partial charge in [0.2, 0.25) is 0 Å². The molecule has 4 rings (SSSR count). The van der Waals surface area contributed by atoms with Gasteiger partial charge in [0, 0.05) is 21.3 Å². The van der Waals surface area contributed by atoms with E-state index in [1.165, 1.54) is 6.21 Å². The van der Waals surface area contributed by atoms with E-state index in [4.69, 9.17) is 26.4 Å². The number of para-hydroxylation sites is 1. The monoisotopic (exact) mass is 636 g/mol. The Morgan fingerprint density at radius 1 is 1.05 bits per heavy atom. The van der Waals surface area contributed by atoms with Crippen molar-refractivity contribution in [2.24, 2.45) is 5.10 Å². The van der Waals surface area contributed by atoms with Crippen LogP contribution in [-0.4, -0.2) is 36.4 Å². The van der Waals surface area contributed by atoms with Crippen LogP contribution in [-0.2, 0) is 20.9 Å². The first-order valence-electron chi connectivity index (χ1n) is 12.8. The average Bonchev–Trinajstić information content (AvgIpc) is 2.96. The van der Waals surface area contributed by atoms with Crippen molar-refractivity contribution in [3.63, 3.8) is 0 Å². The van der Waals surface area contributed by atoms with Gasteiger partial charge in [-0.25, -0.2) is 10.2 Å². The molecule has 9 nitrogen and oxygen atoms in total. The minimum atomic E-state index is -0.620. The molecule has 0 saturated carbocycles. The van der Waals surface area contributed by atoms with Gasteiger partial charge in [-0.3, -0.25) is 4.79 Å². The number of halogens is 1. The Balaban J connectivity index is 1.41. The highest BCUT2D eigenvalue weighted by atomic mass is 79.9. The van der Waals surface area contributed by atoms with Gasteiger partial charge in [-0.2, -0.15) is 5.10 Å². The summed E-state index contributed by atoms with van der Waals surface area (Å²) in [7, 11) is 0. The molecule has 0 fully saturated rings. The number of carbonyl (C=O) groups excluding carboxylic acids is 2. The van der Waals surface area contributed by atoms with Crippen molar-refractivity contribution >= 4 is 51.4 Å². The van der Waals surface area contributed by atoms with E-state index in [-0.39, 0.29) is 13.2 Å². The van der Waals surface area contributed by atoms with Crippen LogP contribution >= 0.6 is 28.1 Å². The first kappa shape index (κ1) is 29.8. The van der Waals surface area contributed by atoms with E-state index in [0.29, 0.717) is 45.6 Å². The number of ether oxygens (including phenoxy) is 3. The third-order valence-corrected chi connectivity index (χ3v) is 6.67. The van der Waals surface area contributed by atoms with Gasteiger partial charge in [-0.05, 0) is 55.9 Å². The number of amides is 1. The van der Waals surface area contributed by atoms with E-state index in [2.05, 4.69) is 37.1 Å². The minimum Gasteiger partial charge on any atom is -0.488 e. The van der Waals surface area contributed by atoms with Gasteiger partial charge in [-0.1, -0.05) is 64.5 Å². The van der Waals surface area contributed by atoms with Gasteiger partial charge in [0.25, 0.3) is 5.91 Å². The van der Waals surface area contributed by atoms with E-state index in [1.807, 2.05) is 54.6 Å². The molecule has 1 aliphatic heterocycles. The fourth-order valence-corrected chi connectivity index (χ4v) is 4.74. The predicted octanol–water partition coefficient (Wildman–Crippen LogP) is 4.91. The number of nitrogens with one attached hydrogen (secondary N) is 3. The van der Waals surface area contributed by atoms with Crippen molar-refractivity contribution in [1.82, 2.24) is 16.1 Å². The summed E-state index contributed by atoms with van der Waals surface area (Å²) in [6, 6.07) is 21.8. The lowest BCUT2D eigenvalue weighted by Gasteiger charge is -2.30. The first-order chi connectivity index (χ1) is 19.9. The van der Waals surface area contributed by atoms with Gasteiger partial charge in [0.15, 0.2) is 11.7 Å². The number of hydrogen-bond acceptors (Lipinski definition) is 7. The highest BCUT2D eigenvalue weighted by molar-refractivity contribution is 9.10. The summed E-state index contributed by atoms with van der Waals surface area (Å²) in [5.41, 5.74) is 5.79. The van der Waals surface area contributed by atoms with Crippen LogP contribution in [0.2, 0.25) is 0 Å². The topological polar surface area (TPSA) is 110 Å². The lowest BCUT2D eigenvalue weighted by molar-refractivity contribution is -0.139. The second-order valence-corrected chi connectivity index (χ2v) is 10.2. The molecule has 3 aromatic carbocycles. The van der Waals surface area contributed by atoms with Crippen molar-refractivity contribution in [3.05, 3.63) is 105 Å². The number of carbonyl (C=O) groups is 2. The Kier molecular flexibility index (Phi) is 10.5. The molecular formula is C30H29BrN4O5S. The molecule has 0 radical (unpaired) electrons. The minimum absolute atomic E-state index is 0.228. The Labute approximate surface area is 252 Å². The Bertz CT molecular complexity index is 1480. The number of hydrazone groups is 1. The van der Waals surface area contributed by atoms with Crippen LogP contribution in [0.15, 0.2) is 93.6 Å². The highest BCUT2D eigenvalue weighted by Crippen LogP contribution is 2.33. The summed E-state index contributed by atoms with van der Waals surface area (Å²) in [6.07, 6.45) is 1.51. The van der Waals surface area contributed by atoms with Crippen LogP contribution in [0.25, 0.3) is 0 Å². The summed E-state index contributed by atoms with van der Waals surface area (Å²) in [6.45, 7) is 3.81. The molecule has 212 valence electrons. The second kappa shape index (κ2) is 14.4. The van der Waals surface area contributed by atoms with Crippen LogP contribution in [0.5, 0.6) is 11.5 Å². The summed E-state index contributed by atoms with van der Waals surface area (Å²) < 4.78 is 17.9. The molecule has 0 spiro atoms. The van der Waals surface area contributed by atoms with Crippen molar-refractivity contribution in [2.75, 3.05) is 13.2 Å². The maximum absolute atomic E-state index is 12.7. The standard InChI is InChI=1S/C30H29BrN4O5S/c1-3-38-29(37)27-19(2)33-30(41)34-28(27)23-11-7-8-12-25(23)40-18-26(36)35-32-16-21-15-22(31)13-14-24(21)39-17-20-9-5-4-6-10-20/h4-16,28H,3,17-18H2,1-2H3,(H,35,36)(H2,33,34,41)/t28-/m0/s1. The summed E-state index contributed by atoms with van der Waals surface area (Å²) in [5, 5.41) is 10.5. The predicted molar refractivity (Wildman–Crippen MR) is 164 cm³/mol. The number of thiocarbonyl (C=S) groups is 1. The third kappa shape index (κ3) is 8.15. The number of nitrogens with zero attached hydrogens (tertiary/aromatic N) is 1. The maximum atomic E-state index is 12.7. The van der Waals surface area contributed by atoms with Crippen LogP contribution in [0.1, 0.15) is 36.6 Å². The number of allylic oxidation sites excluding steroid dienone is 1. The molecule has 0 aromatic heterocycles. The number of rotatable bonds is 11. The Morgan fingerprint density at radius 3 is 2.59 bits per heavy atom. The van der Waals surface area contributed by atoms with Crippen LogP contribution in [0.4, 0.5) is 0 Å². The average molecular weight is 638 g/mol. The van der Waals surface area contributed by atoms with E-state index in [1.54, 1.807) is 32.0 Å². The number of esters is 1. The molecule has 3 N–H and O–H groups in total. The van der Waals surface area contributed by atoms with Crippen LogP contribution in [0.3, 0.4) is 0 Å². The number of hydrogen-bond donors (Lipinski definition) is 3. The normalized spacial score (nSPS) is 14.7. The Morgan fingerprint density at radius 2 is 1.80 bits per heavy atom. The van der Waals surface area contributed by atoms with E-state index in [9.17, 15) is 9.59 Å². The molecule has 1 heterocycles. The van der Waals surface area contributed by atoms with Crippen LogP contribution < -0.4 is 25.5 Å². The quantitative estimate of drug-likeness (QED) is 0.118. The fourth-order valence-electron chi connectivity index (χ4n) is 4.09. The molecule has 1 atom stereocenters. The lowest BCUT2D eigenvalue weighted by atomic mass is 9.95. The van der Waals surface area contributed by atoms with Gasteiger partial charge in [0.1, 0.15) is 18.1 Å². The van der Waals surface area contributed by atoms with E-state index < -0.39 is 17.9 Å². The first-order valence-corrected chi connectivity index (χ1v) is 14.0. The zero-order chi connectivity index (χ0) is 29.2. The molecular weight excluding hydrogens is 608 g/mol. The molecule has 11 heteroatoms. The third-order valence-electron chi connectivity index (χ3n) is 5.96. The fraction of sp³-hybridized carbons (Fsp3) is 0.200. The molecule has 0 unspecified atom stereocenters. The summed E-state index contributed by atoms with van der Waals surface area (Å²) in [4.78, 5) is 25.3. The van der Waals surface area contributed by atoms with Crippen molar-refractivity contribution < 1.29 is 23.8 Å².